The lowest BCUT2D eigenvalue weighted by Gasteiger charge is -2.31. The van der Waals surface area contributed by atoms with Crippen molar-refractivity contribution in [2.75, 3.05) is 13.1 Å². The highest BCUT2D eigenvalue weighted by Crippen LogP contribution is 2.14. The molecule has 0 radical (unpaired) electrons. The number of carboxylic acids is 2. The first-order valence-corrected chi connectivity index (χ1v) is 7.58. The third-order valence-electron chi connectivity index (χ3n) is 3.44. The summed E-state index contributed by atoms with van der Waals surface area (Å²) in [5.74, 6) is -1.77. The van der Waals surface area contributed by atoms with Crippen molar-refractivity contribution in [2.45, 2.75) is 65.3 Å². The fraction of sp³-hybridized carbons (Fsp3) is 0.867. The highest BCUT2D eigenvalue weighted by molar-refractivity contribution is 5.74. The summed E-state index contributed by atoms with van der Waals surface area (Å²) in [4.78, 5) is 23.9. The second-order valence-corrected chi connectivity index (χ2v) is 5.62. The number of carboxylic acid groups (broad SMARTS) is 2. The molecule has 0 aromatic carbocycles. The molecule has 0 bridgehead atoms. The van der Waals surface area contributed by atoms with Gasteiger partial charge in [-0.1, -0.05) is 46.5 Å². The first-order chi connectivity index (χ1) is 9.40. The lowest BCUT2D eigenvalue weighted by atomic mass is 10.0. The standard InChI is InChI=1S/C15H29NO4/c1-4-5-6-7-8-10-16(11-9-13(17)18)14(12(2)3)15(19)20/h12,14H,4-11H2,1-3H3,(H,17,18)(H,19,20). The average Bonchev–Trinajstić information content (AvgIpc) is 2.34. The van der Waals surface area contributed by atoms with Crippen LogP contribution in [-0.2, 0) is 9.59 Å². The SMILES string of the molecule is CCCCCCCN(CCC(=O)O)C(C(=O)O)C(C)C. The van der Waals surface area contributed by atoms with Crippen molar-refractivity contribution in [1.29, 1.82) is 0 Å². The highest BCUT2D eigenvalue weighted by Gasteiger charge is 2.28. The highest BCUT2D eigenvalue weighted by atomic mass is 16.4. The summed E-state index contributed by atoms with van der Waals surface area (Å²) in [7, 11) is 0. The van der Waals surface area contributed by atoms with Crippen molar-refractivity contribution < 1.29 is 19.8 Å². The molecule has 1 atom stereocenters. The summed E-state index contributed by atoms with van der Waals surface area (Å²) in [5, 5.41) is 18.1. The van der Waals surface area contributed by atoms with Crippen LogP contribution in [0.3, 0.4) is 0 Å². The third kappa shape index (κ3) is 8.15. The number of hydrogen-bond donors (Lipinski definition) is 2. The van der Waals surface area contributed by atoms with Gasteiger partial charge >= 0.3 is 11.9 Å². The van der Waals surface area contributed by atoms with Crippen molar-refractivity contribution in [3.05, 3.63) is 0 Å². The van der Waals surface area contributed by atoms with E-state index in [9.17, 15) is 14.7 Å². The van der Waals surface area contributed by atoms with E-state index in [2.05, 4.69) is 6.92 Å². The molecule has 5 heteroatoms. The molecule has 0 aromatic rings. The van der Waals surface area contributed by atoms with E-state index < -0.39 is 18.0 Å². The van der Waals surface area contributed by atoms with Crippen molar-refractivity contribution >= 4 is 11.9 Å². The number of nitrogens with zero attached hydrogens (tertiary/aromatic N) is 1. The van der Waals surface area contributed by atoms with Crippen LogP contribution < -0.4 is 0 Å². The molecular formula is C15H29NO4. The number of rotatable bonds is 12. The Morgan fingerprint density at radius 3 is 2.05 bits per heavy atom. The predicted molar refractivity (Wildman–Crippen MR) is 78.8 cm³/mol. The number of hydrogen-bond acceptors (Lipinski definition) is 3. The van der Waals surface area contributed by atoms with Gasteiger partial charge in [-0.25, -0.2) is 0 Å². The van der Waals surface area contributed by atoms with E-state index in [1.165, 1.54) is 12.8 Å². The Morgan fingerprint density at radius 1 is 1.00 bits per heavy atom. The van der Waals surface area contributed by atoms with E-state index >= 15 is 0 Å². The summed E-state index contributed by atoms with van der Waals surface area (Å²) in [5.41, 5.74) is 0. The van der Waals surface area contributed by atoms with Gasteiger partial charge in [0.2, 0.25) is 0 Å². The normalized spacial score (nSPS) is 12.8. The molecule has 0 spiro atoms. The van der Waals surface area contributed by atoms with Crippen LogP contribution in [0.2, 0.25) is 0 Å². The van der Waals surface area contributed by atoms with Gasteiger partial charge in [-0.15, -0.1) is 0 Å². The largest absolute Gasteiger partial charge is 0.481 e. The van der Waals surface area contributed by atoms with Crippen molar-refractivity contribution in [3.63, 3.8) is 0 Å². The molecule has 0 saturated heterocycles. The van der Waals surface area contributed by atoms with Crippen molar-refractivity contribution in [2.24, 2.45) is 5.92 Å². The van der Waals surface area contributed by atoms with E-state index in [0.717, 1.165) is 19.3 Å². The molecule has 20 heavy (non-hydrogen) atoms. The average molecular weight is 287 g/mol. The van der Waals surface area contributed by atoms with Crippen LogP contribution in [-0.4, -0.2) is 46.2 Å². The van der Waals surface area contributed by atoms with Crippen molar-refractivity contribution in [1.82, 2.24) is 4.90 Å². The zero-order valence-electron chi connectivity index (χ0n) is 13.0. The van der Waals surface area contributed by atoms with Gasteiger partial charge in [-0.05, 0) is 18.9 Å². The van der Waals surface area contributed by atoms with Gasteiger partial charge < -0.3 is 10.2 Å². The van der Waals surface area contributed by atoms with Crippen LogP contribution in [0.1, 0.15) is 59.3 Å². The quantitative estimate of drug-likeness (QED) is 0.540. The van der Waals surface area contributed by atoms with Gasteiger partial charge in [0.15, 0.2) is 0 Å². The molecule has 0 aliphatic rings. The summed E-state index contributed by atoms with van der Waals surface area (Å²) < 4.78 is 0. The van der Waals surface area contributed by atoms with E-state index in [1.807, 2.05) is 18.7 Å². The second-order valence-electron chi connectivity index (χ2n) is 5.62. The number of unbranched alkanes of at least 4 members (excludes halogenated alkanes) is 4. The Balaban J connectivity index is 4.45. The molecule has 0 fully saturated rings. The lowest BCUT2D eigenvalue weighted by molar-refractivity contribution is -0.146. The molecule has 0 rings (SSSR count). The van der Waals surface area contributed by atoms with Crippen molar-refractivity contribution in [3.8, 4) is 0 Å². The maximum absolute atomic E-state index is 11.4. The van der Waals surface area contributed by atoms with E-state index in [1.54, 1.807) is 0 Å². The minimum atomic E-state index is -0.881. The van der Waals surface area contributed by atoms with Crippen LogP contribution in [0.25, 0.3) is 0 Å². The molecule has 118 valence electrons. The Kier molecular flexibility index (Phi) is 10.1. The Hall–Kier alpha value is -1.10. The molecular weight excluding hydrogens is 258 g/mol. The monoisotopic (exact) mass is 287 g/mol. The molecule has 2 N–H and O–H groups in total. The minimum Gasteiger partial charge on any atom is -0.481 e. The lowest BCUT2D eigenvalue weighted by Crippen LogP contribution is -2.46. The summed E-state index contributed by atoms with van der Waals surface area (Å²) in [6, 6.07) is -0.597. The molecule has 0 saturated carbocycles. The number of carbonyl (C=O) groups is 2. The smallest absolute Gasteiger partial charge is 0.321 e. The summed E-state index contributed by atoms with van der Waals surface area (Å²) >= 11 is 0. The molecule has 5 nitrogen and oxygen atoms in total. The second kappa shape index (κ2) is 10.7. The van der Waals surface area contributed by atoms with Gasteiger partial charge in [0, 0.05) is 6.54 Å². The Labute approximate surface area is 122 Å². The van der Waals surface area contributed by atoms with Gasteiger partial charge in [-0.2, -0.15) is 0 Å². The zero-order chi connectivity index (χ0) is 15.5. The van der Waals surface area contributed by atoms with E-state index in [-0.39, 0.29) is 12.3 Å². The summed E-state index contributed by atoms with van der Waals surface area (Å²) in [6.07, 6.45) is 5.51. The van der Waals surface area contributed by atoms with Gasteiger partial charge in [-0.3, -0.25) is 14.5 Å². The molecule has 0 aromatic heterocycles. The van der Waals surface area contributed by atoms with Gasteiger partial charge in [0.1, 0.15) is 6.04 Å². The van der Waals surface area contributed by atoms with E-state index in [4.69, 9.17) is 5.11 Å². The Morgan fingerprint density at radius 2 is 1.60 bits per heavy atom. The summed E-state index contributed by atoms with van der Waals surface area (Å²) in [6.45, 7) is 6.84. The van der Waals surface area contributed by atoms with Crippen LogP contribution in [0.15, 0.2) is 0 Å². The van der Waals surface area contributed by atoms with Crippen LogP contribution in [0.5, 0.6) is 0 Å². The first-order valence-electron chi connectivity index (χ1n) is 7.58. The maximum Gasteiger partial charge on any atom is 0.321 e. The Bertz CT molecular complexity index is 292. The third-order valence-corrected chi connectivity index (χ3v) is 3.44. The van der Waals surface area contributed by atoms with Gasteiger partial charge in [0.25, 0.3) is 0 Å². The van der Waals surface area contributed by atoms with E-state index in [0.29, 0.717) is 13.1 Å². The topological polar surface area (TPSA) is 77.8 Å². The molecule has 0 aliphatic heterocycles. The maximum atomic E-state index is 11.4. The fourth-order valence-corrected chi connectivity index (χ4v) is 2.41. The molecule has 1 unspecified atom stereocenters. The fourth-order valence-electron chi connectivity index (χ4n) is 2.41. The predicted octanol–water partition coefficient (Wildman–Crippen LogP) is 2.84. The van der Waals surface area contributed by atoms with Crippen LogP contribution in [0, 0.1) is 5.92 Å². The molecule has 0 heterocycles. The number of aliphatic carboxylic acids is 2. The van der Waals surface area contributed by atoms with Crippen LogP contribution >= 0.6 is 0 Å². The molecule has 0 aliphatic carbocycles. The van der Waals surface area contributed by atoms with Crippen LogP contribution in [0.4, 0.5) is 0 Å². The van der Waals surface area contributed by atoms with Gasteiger partial charge in [0.05, 0.1) is 6.42 Å². The first kappa shape index (κ1) is 18.9. The minimum absolute atomic E-state index is 0.00847. The molecule has 0 amide bonds. The zero-order valence-corrected chi connectivity index (χ0v) is 13.0.